The summed E-state index contributed by atoms with van der Waals surface area (Å²) in [6.07, 6.45) is 2.37. The first-order valence-corrected chi connectivity index (χ1v) is 3.67. The quantitative estimate of drug-likeness (QED) is 0.525. The second-order valence-electron chi connectivity index (χ2n) is 2.22. The Hall–Kier alpha value is 0.310. The summed E-state index contributed by atoms with van der Waals surface area (Å²) in [6, 6.07) is 0. The molecule has 0 aromatic carbocycles. The molecule has 1 fully saturated rings. The van der Waals surface area contributed by atoms with Crippen LogP contribution in [-0.4, -0.2) is 19.0 Å². The van der Waals surface area contributed by atoms with Crippen LogP contribution in [0.25, 0.3) is 0 Å². The van der Waals surface area contributed by atoms with E-state index in [1.807, 2.05) is 0 Å². The van der Waals surface area contributed by atoms with Gasteiger partial charge in [0.1, 0.15) is 0 Å². The average molecular weight is 131 g/mol. The van der Waals surface area contributed by atoms with Crippen LogP contribution < -0.4 is 0 Å². The van der Waals surface area contributed by atoms with Crippen molar-refractivity contribution in [1.29, 1.82) is 0 Å². The van der Waals surface area contributed by atoms with Crippen molar-refractivity contribution in [3.63, 3.8) is 0 Å². The molecule has 8 heavy (non-hydrogen) atoms. The summed E-state index contributed by atoms with van der Waals surface area (Å²) < 4.78 is 5.16. The molecule has 0 spiro atoms. The number of ether oxygens (including phenoxy) is 1. The number of hydrogen-bond acceptors (Lipinski definition) is 1. The first-order valence-electron chi connectivity index (χ1n) is 3.09. The Bertz CT molecular complexity index is 59.5. The molecule has 47 valence electrons. The van der Waals surface area contributed by atoms with E-state index < -0.39 is 0 Å². The summed E-state index contributed by atoms with van der Waals surface area (Å²) in [5, 5.41) is 0. The van der Waals surface area contributed by atoms with E-state index in [0.29, 0.717) is 0 Å². The number of hydrogen-bond donors (Lipinski definition) is 0. The van der Waals surface area contributed by atoms with Crippen LogP contribution in [0.1, 0.15) is 12.8 Å². The zero-order chi connectivity index (χ0) is 5.82. The monoisotopic (exact) mass is 131 g/mol. The second-order valence-corrected chi connectivity index (χ2v) is 2.56. The molecular formula is C6H11OS. The fraction of sp³-hybridized carbons (Fsp3) is 1.00. The summed E-state index contributed by atoms with van der Waals surface area (Å²) in [5.74, 6) is 1.70. The Kier molecular flexibility index (Phi) is 2.70. The van der Waals surface area contributed by atoms with Crippen molar-refractivity contribution >= 4 is 12.6 Å². The number of rotatable bonds is 1. The fourth-order valence-corrected chi connectivity index (χ4v) is 1.25. The summed E-state index contributed by atoms with van der Waals surface area (Å²) in [7, 11) is 0. The lowest BCUT2D eigenvalue weighted by atomic mass is 10.0. The Morgan fingerprint density at radius 2 is 2.00 bits per heavy atom. The fourth-order valence-electron chi connectivity index (χ4n) is 0.913. The summed E-state index contributed by atoms with van der Waals surface area (Å²) >= 11 is 4.92. The third-order valence-electron chi connectivity index (χ3n) is 1.58. The van der Waals surface area contributed by atoms with Crippen molar-refractivity contribution in [3.05, 3.63) is 0 Å². The minimum Gasteiger partial charge on any atom is -0.381 e. The highest BCUT2D eigenvalue weighted by molar-refractivity contribution is 7.80. The van der Waals surface area contributed by atoms with E-state index in [1.165, 1.54) is 12.8 Å². The van der Waals surface area contributed by atoms with Gasteiger partial charge in [-0.3, -0.25) is 0 Å². The highest BCUT2D eigenvalue weighted by Crippen LogP contribution is 2.14. The summed E-state index contributed by atoms with van der Waals surface area (Å²) in [5.41, 5.74) is 0. The molecule has 1 nitrogen and oxygen atoms in total. The van der Waals surface area contributed by atoms with E-state index in [-0.39, 0.29) is 0 Å². The molecule has 2 heteroatoms. The molecule has 1 saturated heterocycles. The van der Waals surface area contributed by atoms with Crippen molar-refractivity contribution in [2.24, 2.45) is 5.92 Å². The standard InChI is InChI=1S/C6H11OS/c8-5-6-1-3-7-4-2-6/h6H,1-5H2. The van der Waals surface area contributed by atoms with Crippen molar-refractivity contribution in [2.75, 3.05) is 19.0 Å². The highest BCUT2D eigenvalue weighted by Gasteiger charge is 2.10. The molecule has 1 heterocycles. The van der Waals surface area contributed by atoms with Gasteiger partial charge in [0.15, 0.2) is 0 Å². The zero-order valence-corrected chi connectivity index (χ0v) is 5.75. The van der Waals surface area contributed by atoms with Crippen LogP contribution in [-0.2, 0) is 4.74 Å². The van der Waals surface area contributed by atoms with Crippen molar-refractivity contribution in [3.8, 4) is 0 Å². The zero-order valence-electron chi connectivity index (χ0n) is 4.93. The molecule has 1 aliphatic heterocycles. The van der Waals surface area contributed by atoms with Gasteiger partial charge in [-0.1, -0.05) is 12.6 Å². The second kappa shape index (κ2) is 3.36. The maximum absolute atomic E-state index is 5.16. The Morgan fingerprint density at radius 3 is 2.38 bits per heavy atom. The molecule has 1 rings (SSSR count). The van der Waals surface area contributed by atoms with Gasteiger partial charge in [0.25, 0.3) is 0 Å². The minimum absolute atomic E-state index is 0.777. The van der Waals surface area contributed by atoms with E-state index in [9.17, 15) is 0 Å². The van der Waals surface area contributed by atoms with Gasteiger partial charge in [0.05, 0.1) is 0 Å². The van der Waals surface area contributed by atoms with Crippen LogP contribution >= 0.6 is 12.6 Å². The van der Waals surface area contributed by atoms with Gasteiger partial charge in [-0.2, -0.15) is 0 Å². The predicted octanol–water partition coefficient (Wildman–Crippen LogP) is 1.61. The third-order valence-corrected chi connectivity index (χ3v) is 2.05. The van der Waals surface area contributed by atoms with Gasteiger partial charge >= 0.3 is 0 Å². The topological polar surface area (TPSA) is 9.23 Å². The average Bonchev–Trinajstić information content (AvgIpc) is 1.90. The van der Waals surface area contributed by atoms with Crippen LogP contribution in [0.2, 0.25) is 0 Å². The van der Waals surface area contributed by atoms with E-state index in [0.717, 1.165) is 24.9 Å². The maximum atomic E-state index is 5.16. The van der Waals surface area contributed by atoms with Gasteiger partial charge in [0, 0.05) is 19.0 Å². The molecule has 0 aliphatic carbocycles. The Balaban J connectivity index is 2.13. The third kappa shape index (κ3) is 1.67. The van der Waals surface area contributed by atoms with Crippen LogP contribution in [0.3, 0.4) is 0 Å². The SMILES string of the molecule is [S]CC1CCOCC1. The first-order chi connectivity index (χ1) is 3.93. The van der Waals surface area contributed by atoms with Crippen molar-refractivity contribution in [1.82, 2.24) is 0 Å². The molecule has 0 aromatic heterocycles. The summed E-state index contributed by atoms with van der Waals surface area (Å²) in [4.78, 5) is 0. The lowest BCUT2D eigenvalue weighted by Crippen LogP contribution is -2.16. The van der Waals surface area contributed by atoms with Crippen LogP contribution in [0.4, 0.5) is 0 Å². The van der Waals surface area contributed by atoms with Crippen LogP contribution in [0.15, 0.2) is 0 Å². The van der Waals surface area contributed by atoms with Crippen molar-refractivity contribution in [2.45, 2.75) is 12.8 Å². The molecule has 0 bridgehead atoms. The Morgan fingerprint density at radius 1 is 1.38 bits per heavy atom. The van der Waals surface area contributed by atoms with Gasteiger partial charge in [-0.05, 0) is 18.8 Å². The smallest absolute Gasteiger partial charge is 0.0468 e. The van der Waals surface area contributed by atoms with Crippen LogP contribution in [0, 0.1) is 5.92 Å². The van der Waals surface area contributed by atoms with Crippen molar-refractivity contribution < 1.29 is 4.74 Å². The highest BCUT2D eigenvalue weighted by atomic mass is 32.1. The van der Waals surface area contributed by atoms with Gasteiger partial charge < -0.3 is 4.74 Å². The first kappa shape index (κ1) is 6.43. The van der Waals surface area contributed by atoms with E-state index in [1.54, 1.807) is 0 Å². The minimum atomic E-state index is 0.777. The van der Waals surface area contributed by atoms with E-state index in [2.05, 4.69) is 0 Å². The van der Waals surface area contributed by atoms with E-state index >= 15 is 0 Å². The molecule has 0 unspecified atom stereocenters. The van der Waals surface area contributed by atoms with Gasteiger partial charge in [0.2, 0.25) is 0 Å². The van der Waals surface area contributed by atoms with E-state index in [4.69, 9.17) is 17.4 Å². The lowest BCUT2D eigenvalue weighted by molar-refractivity contribution is 0.0729. The largest absolute Gasteiger partial charge is 0.381 e. The van der Waals surface area contributed by atoms with Gasteiger partial charge in [-0.15, -0.1) is 0 Å². The maximum Gasteiger partial charge on any atom is 0.0468 e. The van der Waals surface area contributed by atoms with Crippen LogP contribution in [0.5, 0.6) is 0 Å². The molecule has 1 aliphatic rings. The summed E-state index contributed by atoms with van der Waals surface area (Å²) in [6.45, 7) is 1.86. The molecule has 0 atom stereocenters. The molecule has 1 radical (unpaired) electrons. The normalized spacial score (nSPS) is 23.6. The molecular weight excluding hydrogens is 120 g/mol. The molecule has 0 saturated carbocycles. The molecule has 0 aromatic rings. The Labute approximate surface area is 55.8 Å². The molecule has 0 N–H and O–H groups in total. The predicted molar refractivity (Wildman–Crippen MR) is 36.0 cm³/mol. The molecule has 0 amide bonds. The van der Waals surface area contributed by atoms with Gasteiger partial charge in [-0.25, -0.2) is 0 Å². The lowest BCUT2D eigenvalue weighted by Gasteiger charge is -2.18.